The van der Waals surface area contributed by atoms with Crippen molar-refractivity contribution in [2.45, 2.75) is 38.8 Å². The summed E-state index contributed by atoms with van der Waals surface area (Å²) < 4.78 is 10.3. The van der Waals surface area contributed by atoms with Crippen LogP contribution in [-0.2, 0) is 16.0 Å². The van der Waals surface area contributed by atoms with Gasteiger partial charge in [0.05, 0.1) is 13.2 Å². The summed E-state index contributed by atoms with van der Waals surface area (Å²) >= 11 is 0. The zero-order chi connectivity index (χ0) is 18.2. The predicted octanol–water partition coefficient (Wildman–Crippen LogP) is 1.77. The molecule has 1 aromatic rings. The summed E-state index contributed by atoms with van der Waals surface area (Å²) in [6.07, 6.45) is -0.448. The molecule has 0 radical (unpaired) electrons. The molecule has 0 aromatic heterocycles. The van der Waals surface area contributed by atoms with Gasteiger partial charge in [-0.2, -0.15) is 5.26 Å². The minimum Gasteiger partial charge on any atom is -0.497 e. The number of methoxy groups -OCH3 is 1. The summed E-state index contributed by atoms with van der Waals surface area (Å²) in [5.41, 5.74) is 0.135. The highest BCUT2D eigenvalue weighted by Gasteiger charge is 2.24. The van der Waals surface area contributed by atoms with Gasteiger partial charge in [0.1, 0.15) is 23.9 Å². The SMILES string of the molecule is COc1cccc(C[C@H](NC(=O)OC(C)(C)C)C(=O)NCC#N)c1. The van der Waals surface area contributed by atoms with E-state index in [1.165, 1.54) is 0 Å². The smallest absolute Gasteiger partial charge is 0.408 e. The van der Waals surface area contributed by atoms with Crippen molar-refractivity contribution in [3.63, 3.8) is 0 Å². The summed E-state index contributed by atoms with van der Waals surface area (Å²) in [6, 6.07) is 8.16. The molecule has 0 saturated carbocycles. The lowest BCUT2D eigenvalue weighted by atomic mass is 10.0. The molecule has 2 amide bonds. The number of rotatable bonds is 6. The first-order valence-electron chi connectivity index (χ1n) is 7.52. The number of amides is 2. The van der Waals surface area contributed by atoms with Gasteiger partial charge in [0.15, 0.2) is 0 Å². The number of benzene rings is 1. The molecule has 0 aliphatic heterocycles. The fraction of sp³-hybridized carbons (Fsp3) is 0.471. The Morgan fingerprint density at radius 3 is 2.62 bits per heavy atom. The fourth-order valence-electron chi connectivity index (χ4n) is 1.94. The molecule has 0 aliphatic rings. The van der Waals surface area contributed by atoms with Crippen LogP contribution in [0.1, 0.15) is 26.3 Å². The second kappa shape index (κ2) is 8.77. The van der Waals surface area contributed by atoms with Crippen molar-refractivity contribution in [1.29, 1.82) is 5.26 Å². The first-order valence-corrected chi connectivity index (χ1v) is 7.52. The molecule has 0 aliphatic carbocycles. The van der Waals surface area contributed by atoms with Crippen LogP contribution in [0.2, 0.25) is 0 Å². The maximum Gasteiger partial charge on any atom is 0.408 e. The van der Waals surface area contributed by atoms with Gasteiger partial charge in [0.25, 0.3) is 0 Å². The van der Waals surface area contributed by atoms with Gasteiger partial charge in [-0.15, -0.1) is 0 Å². The van der Waals surface area contributed by atoms with E-state index in [4.69, 9.17) is 14.7 Å². The molecule has 2 N–H and O–H groups in total. The summed E-state index contributed by atoms with van der Waals surface area (Å²) in [4.78, 5) is 24.2. The van der Waals surface area contributed by atoms with Crippen molar-refractivity contribution < 1.29 is 19.1 Å². The maximum absolute atomic E-state index is 12.2. The van der Waals surface area contributed by atoms with Crippen molar-refractivity contribution >= 4 is 12.0 Å². The third kappa shape index (κ3) is 7.01. The van der Waals surface area contributed by atoms with Gasteiger partial charge < -0.3 is 20.1 Å². The fourth-order valence-corrected chi connectivity index (χ4v) is 1.94. The molecule has 24 heavy (non-hydrogen) atoms. The van der Waals surface area contributed by atoms with E-state index in [0.29, 0.717) is 5.75 Å². The number of nitriles is 1. The molecule has 130 valence electrons. The first-order chi connectivity index (χ1) is 11.2. The van der Waals surface area contributed by atoms with E-state index in [9.17, 15) is 9.59 Å². The standard InChI is InChI=1S/C17H23N3O4/c1-17(2,3)24-16(22)20-14(15(21)19-9-8-18)11-12-6-5-7-13(10-12)23-4/h5-7,10,14H,9,11H2,1-4H3,(H,19,21)(H,20,22)/t14-/m0/s1. The molecular formula is C17H23N3O4. The van der Waals surface area contributed by atoms with Gasteiger partial charge in [0.2, 0.25) is 5.91 Å². The summed E-state index contributed by atoms with van der Waals surface area (Å²) in [5, 5.41) is 13.6. The van der Waals surface area contributed by atoms with Crippen LogP contribution in [0, 0.1) is 11.3 Å². The van der Waals surface area contributed by atoms with E-state index in [0.717, 1.165) is 5.56 Å². The molecule has 0 bridgehead atoms. The van der Waals surface area contributed by atoms with Crippen LogP contribution in [0.5, 0.6) is 5.75 Å². The summed E-state index contributed by atoms with van der Waals surface area (Å²) in [6.45, 7) is 5.07. The predicted molar refractivity (Wildman–Crippen MR) is 88.5 cm³/mol. The van der Waals surface area contributed by atoms with Gasteiger partial charge in [-0.05, 0) is 38.5 Å². The van der Waals surface area contributed by atoms with Crippen LogP contribution in [0.15, 0.2) is 24.3 Å². The van der Waals surface area contributed by atoms with Crippen LogP contribution in [0.3, 0.4) is 0 Å². The Morgan fingerprint density at radius 1 is 1.33 bits per heavy atom. The molecule has 1 rings (SSSR count). The van der Waals surface area contributed by atoms with Crippen molar-refractivity contribution in [2.75, 3.05) is 13.7 Å². The lowest BCUT2D eigenvalue weighted by Gasteiger charge is -2.23. The summed E-state index contributed by atoms with van der Waals surface area (Å²) in [5.74, 6) is 0.200. The molecule has 7 nitrogen and oxygen atoms in total. The molecule has 7 heteroatoms. The maximum atomic E-state index is 12.2. The molecule has 0 spiro atoms. The minimum atomic E-state index is -0.861. The monoisotopic (exact) mass is 333 g/mol. The number of nitrogens with one attached hydrogen (secondary N) is 2. The Morgan fingerprint density at radius 2 is 2.04 bits per heavy atom. The zero-order valence-corrected chi connectivity index (χ0v) is 14.4. The Kier molecular flexibility index (Phi) is 7.05. The van der Waals surface area contributed by atoms with Crippen molar-refractivity contribution in [2.24, 2.45) is 0 Å². The summed E-state index contributed by atoms with van der Waals surface area (Å²) in [7, 11) is 1.55. The Balaban J connectivity index is 2.86. The molecule has 0 unspecified atom stereocenters. The highest BCUT2D eigenvalue weighted by molar-refractivity contribution is 5.86. The average molecular weight is 333 g/mol. The third-order valence-electron chi connectivity index (χ3n) is 2.92. The second-order valence-electron chi connectivity index (χ2n) is 6.13. The van der Waals surface area contributed by atoms with Gasteiger partial charge in [-0.25, -0.2) is 4.79 Å². The molecular weight excluding hydrogens is 310 g/mol. The lowest BCUT2D eigenvalue weighted by molar-refractivity contribution is -0.122. The number of ether oxygens (including phenoxy) is 2. The number of nitrogens with zero attached hydrogens (tertiary/aromatic N) is 1. The van der Waals surface area contributed by atoms with E-state index in [1.54, 1.807) is 46.1 Å². The Hall–Kier alpha value is -2.75. The number of hydrogen-bond acceptors (Lipinski definition) is 5. The highest BCUT2D eigenvalue weighted by atomic mass is 16.6. The lowest BCUT2D eigenvalue weighted by Crippen LogP contribution is -2.49. The Bertz CT molecular complexity index is 617. The van der Waals surface area contributed by atoms with E-state index in [-0.39, 0.29) is 13.0 Å². The number of carbonyl (C=O) groups is 2. The quantitative estimate of drug-likeness (QED) is 0.773. The molecule has 0 saturated heterocycles. The molecule has 0 fully saturated rings. The number of alkyl carbamates (subject to hydrolysis) is 1. The van der Waals surface area contributed by atoms with Crippen molar-refractivity contribution in [3.05, 3.63) is 29.8 Å². The number of hydrogen-bond donors (Lipinski definition) is 2. The minimum absolute atomic E-state index is 0.135. The van der Waals surface area contributed by atoms with Crippen LogP contribution in [-0.4, -0.2) is 37.3 Å². The molecule has 1 aromatic carbocycles. The van der Waals surface area contributed by atoms with Crippen LogP contribution in [0.25, 0.3) is 0 Å². The third-order valence-corrected chi connectivity index (χ3v) is 2.92. The van der Waals surface area contributed by atoms with Crippen LogP contribution < -0.4 is 15.4 Å². The van der Waals surface area contributed by atoms with E-state index >= 15 is 0 Å². The van der Waals surface area contributed by atoms with Gasteiger partial charge >= 0.3 is 6.09 Å². The van der Waals surface area contributed by atoms with Gasteiger partial charge in [-0.3, -0.25) is 4.79 Å². The van der Waals surface area contributed by atoms with E-state index < -0.39 is 23.6 Å². The molecule has 0 heterocycles. The van der Waals surface area contributed by atoms with Crippen molar-refractivity contribution in [3.8, 4) is 11.8 Å². The highest BCUT2D eigenvalue weighted by Crippen LogP contribution is 2.14. The van der Waals surface area contributed by atoms with Gasteiger partial charge in [-0.1, -0.05) is 12.1 Å². The van der Waals surface area contributed by atoms with Crippen molar-refractivity contribution in [1.82, 2.24) is 10.6 Å². The first kappa shape index (κ1) is 19.3. The molecule has 1 atom stereocenters. The average Bonchev–Trinajstić information content (AvgIpc) is 2.50. The second-order valence-corrected chi connectivity index (χ2v) is 6.13. The van der Waals surface area contributed by atoms with E-state index in [2.05, 4.69) is 10.6 Å². The van der Waals surface area contributed by atoms with Crippen LogP contribution in [0.4, 0.5) is 4.79 Å². The normalized spacial score (nSPS) is 11.8. The zero-order valence-electron chi connectivity index (χ0n) is 14.4. The topological polar surface area (TPSA) is 100 Å². The van der Waals surface area contributed by atoms with Crippen LogP contribution >= 0.6 is 0 Å². The Labute approximate surface area is 141 Å². The number of carbonyl (C=O) groups excluding carboxylic acids is 2. The van der Waals surface area contributed by atoms with E-state index in [1.807, 2.05) is 12.1 Å². The van der Waals surface area contributed by atoms with Gasteiger partial charge in [0, 0.05) is 6.42 Å². The largest absolute Gasteiger partial charge is 0.497 e.